The van der Waals surface area contributed by atoms with Crippen molar-refractivity contribution in [2.45, 2.75) is 25.7 Å². The summed E-state index contributed by atoms with van der Waals surface area (Å²) in [5.41, 5.74) is 0. The Bertz CT molecular complexity index is 381. The third kappa shape index (κ3) is 5.07. The topological polar surface area (TPSA) is 65.0 Å². The molecular weight excluding hydrogens is 248 g/mol. The summed E-state index contributed by atoms with van der Waals surface area (Å²) in [6.07, 6.45) is 2.50. The minimum atomic E-state index is -0.757. The Balaban J connectivity index is 2.41. The Hall–Kier alpha value is -1.91. The number of unbranched alkanes of at least 4 members (excludes halogenated alkanes) is 2. The van der Waals surface area contributed by atoms with E-state index in [1.807, 2.05) is 18.2 Å². The molecule has 0 aliphatic rings. The molecule has 5 heteroatoms. The van der Waals surface area contributed by atoms with E-state index in [2.05, 4.69) is 0 Å². The number of carboxylic acids is 1. The van der Waals surface area contributed by atoms with Gasteiger partial charge >= 0.3 is 5.97 Å². The molecule has 0 aliphatic heterocycles. The van der Waals surface area contributed by atoms with Crippen molar-refractivity contribution in [3.05, 3.63) is 18.2 Å². The lowest BCUT2D eigenvalue weighted by atomic mass is 10.2. The van der Waals surface area contributed by atoms with Crippen molar-refractivity contribution in [3.63, 3.8) is 0 Å². The van der Waals surface area contributed by atoms with Crippen LogP contribution in [0.1, 0.15) is 25.7 Å². The Morgan fingerprint density at radius 2 is 1.74 bits per heavy atom. The number of rotatable bonds is 9. The molecule has 1 aromatic rings. The highest BCUT2D eigenvalue weighted by atomic mass is 16.5. The van der Waals surface area contributed by atoms with Crippen molar-refractivity contribution in [2.24, 2.45) is 0 Å². The fourth-order valence-electron chi connectivity index (χ4n) is 1.69. The van der Waals surface area contributed by atoms with E-state index < -0.39 is 5.97 Å². The number of para-hydroxylation sites is 1. The molecule has 0 radical (unpaired) electrons. The Kier molecular flexibility index (Phi) is 6.57. The van der Waals surface area contributed by atoms with Gasteiger partial charge in [0.25, 0.3) is 0 Å². The maximum atomic E-state index is 10.4. The van der Waals surface area contributed by atoms with Gasteiger partial charge in [-0.25, -0.2) is 0 Å². The van der Waals surface area contributed by atoms with Crippen molar-refractivity contribution in [1.82, 2.24) is 0 Å². The molecule has 1 N–H and O–H groups in total. The van der Waals surface area contributed by atoms with Crippen LogP contribution in [0, 0.1) is 0 Å². The zero-order valence-electron chi connectivity index (χ0n) is 11.3. The van der Waals surface area contributed by atoms with Crippen LogP contribution in [0.3, 0.4) is 0 Å². The lowest BCUT2D eigenvalue weighted by molar-refractivity contribution is -0.137. The fraction of sp³-hybridized carbons (Fsp3) is 0.500. The van der Waals surface area contributed by atoms with E-state index in [-0.39, 0.29) is 6.42 Å². The van der Waals surface area contributed by atoms with Crippen LogP contribution >= 0.6 is 0 Å². The number of methoxy groups -OCH3 is 2. The molecule has 0 bridgehead atoms. The molecule has 0 unspecified atom stereocenters. The smallest absolute Gasteiger partial charge is 0.303 e. The molecule has 0 amide bonds. The molecule has 0 atom stereocenters. The summed E-state index contributed by atoms with van der Waals surface area (Å²) in [6.45, 7) is 0.510. The second-order valence-corrected chi connectivity index (χ2v) is 4.04. The highest BCUT2D eigenvalue weighted by molar-refractivity contribution is 5.66. The second-order valence-electron chi connectivity index (χ2n) is 4.04. The molecule has 106 valence electrons. The first-order valence-electron chi connectivity index (χ1n) is 6.24. The van der Waals surface area contributed by atoms with Gasteiger partial charge in [-0.3, -0.25) is 4.79 Å². The van der Waals surface area contributed by atoms with Crippen molar-refractivity contribution in [1.29, 1.82) is 0 Å². The molecule has 0 aromatic heterocycles. The monoisotopic (exact) mass is 268 g/mol. The van der Waals surface area contributed by atoms with E-state index in [0.29, 0.717) is 30.3 Å². The summed E-state index contributed by atoms with van der Waals surface area (Å²) in [5, 5.41) is 8.52. The molecule has 1 rings (SSSR count). The SMILES string of the molecule is COc1cccc(OC)c1OCCCCCC(=O)O. The van der Waals surface area contributed by atoms with Crippen LogP contribution < -0.4 is 14.2 Å². The molecule has 0 fully saturated rings. The van der Waals surface area contributed by atoms with Crippen LogP contribution in [0.2, 0.25) is 0 Å². The maximum Gasteiger partial charge on any atom is 0.303 e. The quantitative estimate of drug-likeness (QED) is 0.698. The van der Waals surface area contributed by atoms with E-state index in [0.717, 1.165) is 12.8 Å². The normalized spacial score (nSPS) is 10.0. The molecule has 0 spiro atoms. The molecule has 0 saturated carbocycles. The Morgan fingerprint density at radius 1 is 1.11 bits per heavy atom. The second kappa shape index (κ2) is 8.24. The molecular formula is C14H20O5. The summed E-state index contributed by atoms with van der Waals surface area (Å²) >= 11 is 0. The molecule has 0 saturated heterocycles. The zero-order valence-corrected chi connectivity index (χ0v) is 11.3. The van der Waals surface area contributed by atoms with Crippen molar-refractivity contribution in [3.8, 4) is 17.2 Å². The van der Waals surface area contributed by atoms with Gasteiger partial charge in [0.1, 0.15) is 0 Å². The van der Waals surface area contributed by atoms with Crippen molar-refractivity contribution >= 4 is 5.97 Å². The Morgan fingerprint density at radius 3 is 2.26 bits per heavy atom. The van der Waals surface area contributed by atoms with Gasteiger partial charge in [0, 0.05) is 6.42 Å². The van der Waals surface area contributed by atoms with Gasteiger partial charge in [-0.05, 0) is 31.4 Å². The third-order valence-electron chi connectivity index (χ3n) is 2.66. The Labute approximate surface area is 113 Å². The van der Waals surface area contributed by atoms with Crippen LogP contribution in [0.15, 0.2) is 18.2 Å². The number of aliphatic carboxylic acids is 1. The van der Waals surface area contributed by atoms with Crippen molar-refractivity contribution in [2.75, 3.05) is 20.8 Å². The lowest BCUT2D eigenvalue weighted by Crippen LogP contribution is -2.02. The third-order valence-corrected chi connectivity index (χ3v) is 2.66. The number of carboxylic acid groups (broad SMARTS) is 1. The highest BCUT2D eigenvalue weighted by Gasteiger charge is 2.10. The van der Waals surface area contributed by atoms with Crippen LogP contribution in [0.4, 0.5) is 0 Å². The average molecular weight is 268 g/mol. The molecule has 0 heterocycles. The van der Waals surface area contributed by atoms with Crippen LogP contribution in [0.5, 0.6) is 17.2 Å². The van der Waals surface area contributed by atoms with Crippen LogP contribution in [0.25, 0.3) is 0 Å². The number of carbonyl (C=O) groups is 1. The molecule has 1 aromatic carbocycles. The predicted octanol–water partition coefficient (Wildman–Crippen LogP) is 2.73. The zero-order chi connectivity index (χ0) is 14.1. The van der Waals surface area contributed by atoms with Crippen LogP contribution in [-0.4, -0.2) is 31.9 Å². The van der Waals surface area contributed by atoms with E-state index in [4.69, 9.17) is 19.3 Å². The van der Waals surface area contributed by atoms with Gasteiger partial charge in [-0.1, -0.05) is 6.07 Å². The average Bonchev–Trinajstić information content (AvgIpc) is 2.42. The van der Waals surface area contributed by atoms with Crippen LogP contribution in [-0.2, 0) is 4.79 Å². The van der Waals surface area contributed by atoms with Gasteiger partial charge < -0.3 is 19.3 Å². The minimum absolute atomic E-state index is 0.206. The standard InChI is InChI=1S/C14H20O5/c1-17-11-7-6-8-12(18-2)14(11)19-10-5-3-4-9-13(15)16/h6-8H,3-5,9-10H2,1-2H3,(H,15,16). The number of ether oxygens (including phenoxy) is 3. The molecule has 5 nitrogen and oxygen atoms in total. The van der Waals surface area contributed by atoms with E-state index in [9.17, 15) is 4.79 Å². The summed E-state index contributed by atoms with van der Waals surface area (Å²) in [6, 6.07) is 5.45. The van der Waals surface area contributed by atoms with Gasteiger partial charge in [0.05, 0.1) is 20.8 Å². The first kappa shape index (κ1) is 15.1. The molecule has 0 aliphatic carbocycles. The van der Waals surface area contributed by atoms with Gasteiger partial charge in [0.2, 0.25) is 5.75 Å². The maximum absolute atomic E-state index is 10.4. The molecule has 19 heavy (non-hydrogen) atoms. The summed E-state index contributed by atoms with van der Waals surface area (Å²) in [5.74, 6) is 1.09. The summed E-state index contributed by atoms with van der Waals surface area (Å²) in [4.78, 5) is 10.4. The predicted molar refractivity (Wildman–Crippen MR) is 71.1 cm³/mol. The van der Waals surface area contributed by atoms with E-state index >= 15 is 0 Å². The first-order chi connectivity index (χ1) is 9.19. The van der Waals surface area contributed by atoms with E-state index in [1.54, 1.807) is 14.2 Å². The number of hydrogen-bond acceptors (Lipinski definition) is 4. The minimum Gasteiger partial charge on any atom is -0.493 e. The highest BCUT2D eigenvalue weighted by Crippen LogP contribution is 2.36. The fourth-order valence-corrected chi connectivity index (χ4v) is 1.69. The number of hydrogen-bond donors (Lipinski definition) is 1. The van der Waals surface area contributed by atoms with Gasteiger partial charge in [-0.2, -0.15) is 0 Å². The van der Waals surface area contributed by atoms with Crippen molar-refractivity contribution < 1.29 is 24.1 Å². The van der Waals surface area contributed by atoms with E-state index in [1.165, 1.54) is 0 Å². The number of benzene rings is 1. The lowest BCUT2D eigenvalue weighted by Gasteiger charge is -2.13. The largest absolute Gasteiger partial charge is 0.493 e. The first-order valence-corrected chi connectivity index (χ1v) is 6.24. The van der Waals surface area contributed by atoms with Gasteiger partial charge in [-0.15, -0.1) is 0 Å². The van der Waals surface area contributed by atoms with Gasteiger partial charge in [0.15, 0.2) is 11.5 Å². The summed E-state index contributed by atoms with van der Waals surface area (Å²) < 4.78 is 16.1. The summed E-state index contributed by atoms with van der Waals surface area (Å²) in [7, 11) is 3.16.